The van der Waals surface area contributed by atoms with Crippen LogP contribution in [0.25, 0.3) is 16.2 Å². The summed E-state index contributed by atoms with van der Waals surface area (Å²) in [5.74, 6) is 0.441. The normalized spacial score (nSPS) is 18.3. The molecule has 7 nitrogen and oxygen atoms in total. The second-order valence-corrected chi connectivity index (χ2v) is 10.2. The van der Waals surface area contributed by atoms with E-state index in [0.29, 0.717) is 16.7 Å². The van der Waals surface area contributed by atoms with Crippen molar-refractivity contribution in [1.29, 1.82) is 0 Å². The lowest BCUT2D eigenvalue weighted by molar-refractivity contribution is -0.116. The molecule has 3 aromatic carbocycles. The SMILES string of the molecule is CNC(=O)/C(B1Nc2cccc3cccc(c23)N1)=C(\B1OC(C)(C)C(C)(C)O1)c1cccc(OC)c1. The number of hydrogen-bond acceptors (Lipinski definition) is 6. The molecule has 9 heteroatoms. The van der Waals surface area contributed by atoms with E-state index in [4.69, 9.17) is 14.0 Å². The summed E-state index contributed by atoms with van der Waals surface area (Å²) in [6.45, 7) is 7.48. The summed E-state index contributed by atoms with van der Waals surface area (Å²) in [5.41, 5.74) is 2.65. The Morgan fingerprint density at radius 1 is 0.917 bits per heavy atom. The van der Waals surface area contributed by atoms with Crippen molar-refractivity contribution in [2.75, 3.05) is 24.6 Å². The Labute approximate surface area is 212 Å². The first-order valence-electron chi connectivity index (χ1n) is 12.2. The number of rotatable bonds is 5. The van der Waals surface area contributed by atoms with Gasteiger partial charge in [-0.1, -0.05) is 36.4 Å². The first-order valence-corrected chi connectivity index (χ1v) is 12.2. The highest BCUT2D eigenvalue weighted by molar-refractivity contribution is 6.85. The number of benzene rings is 3. The Kier molecular flexibility index (Phi) is 6.01. The molecule has 3 N–H and O–H groups in total. The van der Waals surface area contributed by atoms with Gasteiger partial charge in [0.2, 0.25) is 5.91 Å². The molecule has 2 heterocycles. The van der Waals surface area contributed by atoms with Gasteiger partial charge in [-0.15, -0.1) is 0 Å². The Balaban J connectivity index is 1.72. The minimum atomic E-state index is -0.772. The number of amides is 1. The fourth-order valence-corrected chi connectivity index (χ4v) is 4.79. The summed E-state index contributed by atoms with van der Waals surface area (Å²) in [4.78, 5) is 13.6. The smallest absolute Gasteiger partial charge is 0.495 e. The van der Waals surface area contributed by atoms with Crippen molar-refractivity contribution < 1.29 is 18.8 Å². The number of ether oxygens (including phenoxy) is 1. The van der Waals surface area contributed by atoms with Crippen molar-refractivity contribution in [3.05, 3.63) is 71.7 Å². The van der Waals surface area contributed by atoms with Crippen LogP contribution in [0, 0.1) is 0 Å². The third kappa shape index (κ3) is 4.02. The van der Waals surface area contributed by atoms with E-state index in [1.165, 1.54) is 0 Å². The zero-order valence-corrected chi connectivity index (χ0v) is 21.6. The van der Waals surface area contributed by atoms with Crippen molar-refractivity contribution in [3.63, 3.8) is 0 Å². The van der Waals surface area contributed by atoms with Crippen LogP contribution < -0.4 is 20.5 Å². The highest BCUT2D eigenvalue weighted by Gasteiger charge is 2.54. The second kappa shape index (κ2) is 8.91. The predicted octanol–water partition coefficient (Wildman–Crippen LogP) is 4.54. The number of carbonyl (C=O) groups excluding carboxylic acids is 1. The number of methoxy groups -OCH3 is 1. The summed E-state index contributed by atoms with van der Waals surface area (Å²) in [6, 6.07) is 19.9. The maximum atomic E-state index is 13.6. The molecule has 0 atom stereocenters. The third-order valence-corrected chi connectivity index (χ3v) is 7.42. The summed E-state index contributed by atoms with van der Waals surface area (Å²) in [6.07, 6.45) is 0. The number of anilines is 2. The van der Waals surface area contributed by atoms with Crippen LogP contribution in [0.15, 0.2) is 66.1 Å². The van der Waals surface area contributed by atoms with Crippen LogP contribution >= 0.6 is 0 Å². The van der Waals surface area contributed by atoms with E-state index in [2.05, 4.69) is 27.9 Å². The van der Waals surface area contributed by atoms with Crippen molar-refractivity contribution in [2.45, 2.75) is 38.9 Å². The van der Waals surface area contributed by atoms with Crippen molar-refractivity contribution in [3.8, 4) is 5.75 Å². The first-order chi connectivity index (χ1) is 17.1. The van der Waals surface area contributed by atoms with Gasteiger partial charge in [-0.3, -0.25) is 4.79 Å². The van der Waals surface area contributed by atoms with Crippen LogP contribution in [0.3, 0.4) is 0 Å². The number of likely N-dealkylation sites (N-methyl/N-ethyl adjacent to an activating group) is 1. The fraction of sp³-hybridized carbons (Fsp3) is 0.296. The van der Waals surface area contributed by atoms with Crippen LogP contribution in [-0.4, -0.2) is 45.4 Å². The molecule has 5 rings (SSSR count). The molecule has 3 aromatic rings. The van der Waals surface area contributed by atoms with E-state index < -0.39 is 25.3 Å². The van der Waals surface area contributed by atoms with E-state index >= 15 is 0 Å². The van der Waals surface area contributed by atoms with Gasteiger partial charge in [-0.2, -0.15) is 0 Å². The minimum Gasteiger partial charge on any atom is -0.497 e. The van der Waals surface area contributed by atoms with Crippen LogP contribution in [0.5, 0.6) is 5.75 Å². The topological polar surface area (TPSA) is 80.9 Å². The van der Waals surface area contributed by atoms with Gasteiger partial charge in [0.15, 0.2) is 0 Å². The fourth-order valence-electron chi connectivity index (χ4n) is 4.79. The van der Waals surface area contributed by atoms with Crippen LogP contribution in [0.2, 0.25) is 0 Å². The molecule has 184 valence electrons. The molecule has 0 saturated carbocycles. The largest absolute Gasteiger partial charge is 0.497 e. The minimum absolute atomic E-state index is 0.237. The predicted molar refractivity (Wildman–Crippen MR) is 147 cm³/mol. The maximum Gasteiger partial charge on any atom is 0.495 e. The zero-order valence-electron chi connectivity index (χ0n) is 21.6. The number of carbonyl (C=O) groups is 1. The van der Waals surface area contributed by atoms with Gasteiger partial charge < -0.3 is 29.8 Å². The molecular weight excluding hydrogens is 452 g/mol. The molecule has 0 radical (unpaired) electrons. The standard InChI is InChI=1S/C27H31B2N3O4/c1-26(2)27(3,4)36-29(35-26)23(18-12-7-13-19(16-18)34-6)24(25(33)30-5)28-31-20-14-8-10-17-11-9-15-21(32-28)22(17)20/h7-16,31-32H,1-6H3,(H,30,33)/b24-23+. The van der Waals surface area contributed by atoms with Gasteiger partial charge in [0.1, 0.15) is 5.75 Å². The summed E-state index contributed by atoms with van der Waals surface area (Å²) in [7, 11) is 2.48. The Morgan fingerprint density at radius 3 is 2.06 bits per heavy atom. The van der Waals surface area contributed by atoms with E-state index in [-0.39, 0.29) is 5.91 Å². The van der Waals surface area contributed by atoms with Gasteiger partial charge in [0, 0.05) is 29.3 Å². The molecule has 0 bridgehead atoms. The average Bonchev–Trinajstić information content (AvgIpc) is 3.08. The van der Waals surface area contributed by atoms with Crippen molar-refractivity contribution in [1.82, 2.24) is 5.32 Å². The monoisotopic (exact) mass is 483 g/mol. The van der Waals surface area contributed by atoms with Crippen molar-refractivity contribution >= 4 is 47.6 Å². The van der Waals surface area contributed by atoms with Crippen molar-refractivity contribution in [2.24, 2.45) is 0 Å². The molecule has 0 aliphatic carbocycles. The zero-order chi connectivity index (χ0) is 25.7. The second-order valence-electron chi connectivity index (χ2n) is 10.2. The molecule has 0 aromatic heterocycles. The molecule has 1 saturated heterocycles. The lowest BCUT2D eigenvalue weighted by Gasteiger charge is -2.32. The highest BCUT2D eigenvalue weighted by atomic mass is 16.7. The van der Waals surface area contributed by atoms with E-state index in [0.717, 1.165) is 27.7 Å². The highest BCUT2D eigenvalue weighted by Crippen LogP contribution is 2.43. The van der Waals surface area contributed by atoms with Crippen LogP contribution in [0.4, 0.5) is 11.4 Å². The average molecular weight is 483 g/mol. The quantitative estimate of drug-likeness (QED) is 0.365. The van der Waals surface area contributed by atoms with Gasteiger partial charge in [0.05, 0.1) is 18.3 Å². The number of nitrogens with one attached hydrogen (secondary N) is 3. The number of hydrogen-bond donors (Lipinski definition) is 3. The van der Waals surface area contributed by atoms with Gasteiger partial charge in [-0.25, -0.2) is 0 Å². The lowest BCUT2D eigenvalue weighted by atomic mass is 9.56. The van der Waals surface area contributed by atoms with Crippen LogP contribution in [0.1, 0.15) is 33.3 Å². The Morgan fingerprint density at radius 2 is 1.50 bits per heavy atom. The lowest BCUT2D eigenvalue weighted by Crippen LogP contribution is -2.46. The van der Waals surface area contributed by atoms with E-state index in [9.17, 15) is 4.79 Å². The van der Waals surface area contributed by atoms with E-state index in [1.807, 2.05) is 76.2 Å². The van der Waals surface area contributed by atoms with Gasteiger partial charge in [0.25, 0.3) is 0 Å². The Hall–Kier alpha value is -3.42. The molecular formula is C27H31B2N3O4. The molecule has 1 amide bonds. The summed E-state index contributed by atoms with van der Waals surface area (Å²) >= 11 is 0. The maximum absolute atomic E-state index is 13.6. The molecule has 2 aliphatic rings. The van der Waals surface area contributed by atoms with Gasteiger partial charge >= 0.3 is 14.1 Å². The molecule has 1 fully saturated rings. The molecule has 36 heavy (non-hydrogen) atoms. The third-order valence-electron chi connectivity index (χ3n) is 7.42. The molecule has 0 unspecified atom stereocenters. The van der Waals surface area contributed by atoms with Gasteiger partial charge in [-0.05, 0) is 68.4 Å². The summed E-state index contributed by atoms with van der Waals surface area (Å²) < 4.78 is 18.5. The summed E-state index contributed by atoms with van der Waals surface area (Å²) in [5, 5.41) is 12.1. The first kappa shape index (κ1) is 24.3. The van der Waals surface area contributed by atoms with E-state index in [1.54, 1.807) is 14.2 Å². The molecule has 2 aliphatic heterocycles. The molecule has 0 spiro atoms. The Bertz CT molecular complexity index is 1320. The van der Waals surface area contributed by atoms with Crippen LogP contribution in [-0.2, 0) is 14.1 Å².